The van der Waals surface area contributed by atoms with E-state index in [-0.39, 0.29) is 18.4 Å². The van der Waals surface area contributed by atoms with Crippen molar-refractivity contribution in [2.24, 2.45) is 11.8 Å². The molecule has 132 valence electrons. The summed E-state index contributed by atoms with van der Waals surface area (Å²) in [4.78, 5) is 25.1. The Bertz CT molecular complexity index is 411. The Kier molecular flexibility index (Phi) is 8.87. The summed E-state index contributed by atoms with van der Waals surface area (Å²) in [6.45, 7) is 6.16. The van der Waals surface area contributed by atoms with E-state index in [1.807, 2.05) is 13.0 Å². The second kappa shape index (κ2) is 10.4. The molecule has 0 bridgehead atoms. The number of nitrogens with one attached hydrogen (secondary N) is 1. The number of methoxy groups -OCH3 is 1. The van der Waals surface area contributed by atoms with Gasteiger partial charge in [-0.1, -0.05) is 25.5 Å². The highest BCUT2D eigenvalue weighted by Gasteiger charge is 2.36. The molecule has 1 saturated heterocycles. The Morgan fingerprint density at radius 2 is 2.22 bits per heavy atom. The summed E-state index contributed by atoms with van der Waals surface area (Å²) in [6.07, 6.45) is 6.71. The van der Waals surface area contributed by atoms with Gasteiger partial charge in [0.2, 0.25) is 5.91 Å². The third-order valence-electron chi connectivity index (χ3n) is 4.24. The van der Waals surface area contributed by atoms with Crippen LogP contribution in [0.5, 0.6) is 0 Å². The number of carboxylic acid groups (broad SMARTS) is 1. The molecule has 23 heavy (non-hydrogen) atoms. The SMILES string of the molecule is CC=C[C@@H]1C[C@H](C(=O)O)N(CC(CCC)CNC(=O)COC)C1. The van der Waals surface area contributed by atoms with Gasteiger partial charge in [0.15, 0.2) is 0 Å². The maximum Gasteiger partial charge on any atom is 0.320 e. The number of hydrogen-bond donors (Lipinski definition) is 2. The molecule has 0 spiro atoms. The molecule has 0 aromatic carbocycles. The second-order valence-corrected chi connectivity index (χ2v) is 6.22. The van der Waals surface area contributed by atoms with Crippen LogP contribution >= 0.6 is 0 Å². The molecule has 1 amide bonds. The van der Waals surface area contributed by atoms with Gasteiger partial charge in [-0.2, -0.15) is 0 Å². The standard InChI is InChI=1S/C17H30N2O4/c1-4-6-13-8-15(17(21)22)19(10-13)11-14(7-5-2)9-18-16(20)12-23-3/h4,6,13-15H,5,7-12H2,1-3H3,(H,18,20)(H,21,22)/t13-,14?,15-/m1/s1. The lowest BCUT2D eigenvalue weighted by Crippen LogP contribution is -2.42. The number of aliphatic carboxylic acids is 1. The summed E-state index contributed by atoms with van der Waals surface area (Å²) in [5.41, 5.74) is 0. The molecule has 1 heterocycles. The number of carbonyl (C=O) groups is 2. The Labute approximate surface area is 138 Å². The van der Waals surface area contributed by atoms with Crippen molar-refractivity contribution in [3.05, 3.63) is 12.2 Å². The van der Waals surface area contributed by atoms with Gasteiger partial charge in [-0.15, -0.1) is 0 Å². The van der Waals surface area contributed by atoms with Crippen LogP contribution in [-0.2, 0) is 14.3 Å². The van der Waals surface area contributed by atoms with Gasteiger partial charge in [0, 0.05) is 26.7 Å². The van der Waals surface area contributed by atoms with E-state index in [0.29, 0.717) is 25.4 Å². The second-order valence-electron chi connectivity index (χ2n) is 6.22. The summed E-state index contributed by atoms with van der Waals surface area (Å²) >= 11 is 0. The van der Waals surface area contributed by atoms with Gasteiger partial charge < -0.3 is 15.2 Å². The molecule has 1 fully saturated rings. The predicted molar refractivity (Wildman–Crippen MR) is 89.2 cm³/mol. The van der Waals surface area contributed by atoms with Crippen LogP contribution in [0.2, 0.25) is 0 Å². The fourth-order valence-corrected chi connectivity index (χ4v) is 3.25. The zero-order valence-electron chi connectivity index (χ0n) is 14.5. The quantitative estimate of drug-likeness (QED) is 0.595. The lowest BCUT2D eigenvalue weighted by Gasteiger charge is -2.27. The van der Waals surface area contributed by atoms with Crippen LogP contribution in [0.1, 0.15) is 33.1 Å². The highest BCUT2D eigenvalue weighted by molar-refractivity contribution is 5.77. The van der Waals surface area contributed by atoms with Crippen LogP contribution in [0.3, 0.4) is 0 Å². The van der Waals surface area contributed by atoms with Crippen LogP contribution in [0.4, 0.5) is 0 Å². The van der Waals surface area contributed by atoms with E-state index >= 15 is 0 Å². The predicted octanol–water partition coefficient (Wildman–Crippen LogP) is 1.52. The third-order valence-corrected chi connectivity index (χ3v) is 4.24. The first-order valence-electron chi connectivity index (χ1n) is 8.37. The largest absolute Gasteiger partial charge is 0.480 e. The fourth-order valence-electron chi connectivity index (χ4n) is 3.25. The van der Waals surface area contributed by atoms with Gasteiger partial charge in [-0.3, -0.25) is 14.5 Å². The minimum Gasteiger partial charge on any atom is -0.480 e. The summed E-state index contributed by atoms with van der Waals surface area (Å²) in [5, 5.41) is 12.3. The van der Waals surface area contributed by atoms with E-state index in [9.17, 15) is 14.7 Å². The molecule has 0 aromatic rings. The molecule has 0 radical (unpaired) electrons. The molecule has 6 nitrogen and oxygen atoms in total. The molecule has 1 aliphatic heterocycles. The van der Waals surface area contributed by atoms with Crippen LogP contribution in [0.25, 0.3) is 0 Å². The Hall–Kier alpha value is -1.40. The number of allylic oxidation sites excluding steroid dienone is 1. The first-order chi connectivity index (χ1) is 11.0. The zero-order chi connectivity index (χ0) is 17.2. The molecule has 6 heteroatoms. The van der Waals surface area contributed by atoms with Crippen molar-refractivity contribution in [1.29, 1.82) is 0 Å². The minimum atomic E-state index is -0.754. The molecule has 2 N–H and O–H groups in total. The van der Waals surface area contributed by atoms with Gasteiger partial charge in [-0.05, 0) is 31.6 Å². The molecule has 0 saturated carbocycles. The van der Waals surface area contributed by atoms with E-state index in [1.165, 1.54) is 7.11 Å². The van der Waals surface area contributed by atoms with Crippen molar-refractivity contribution in [2.45, 2.75) is 39.2 Å². The van der Waals surface area contributed by atoms with Gasteiger partial charge >= 0.3 is 5.97 Å². The molecule has 3 atom stereocenters. The van der Waals surface area contributed by atoms with Gasteiger partial charge in [0.25, 0.3) is 0 Å². The van der Waals surface area contributed by atoms with Crippen molar-refractivity contribution < 1.29 is 19.4 Å². The number of likely N-dealkylation sites (tertiary alicyclic amines) is 1. The lowest BCUT2D eigenvalue weighted by atomic mass is 10.0. The molecule has 1 unspecified atom stereocenters. The van der Waals surface area contributed by atoms with E-state index in [1.54, 1.807) is 0 Å². The van der Waals surface area contributed by atoms with Crippen molar-refractivity contribution in [2.75, 3.05) is 33.4 Å². The number of ether oxygens (including phenoxy) is 1. The number of carbonyl (C=O) groups excluding carboxylic acids is 1. The summed E-state index contributed by atoms with van der Waals surface area (Å²) < 4.78 is 4.81. The van der Waals surface area contributed by atoms with Crippen molar-refractivity contribution in [1.82, 2.24) is 10.2 Å². The van der Waals surface area contributed by atoms with Crippen LogP contribution < -0.4 is 5.32 Å². The average molecular weight is 326 g/mol. The Morgan fingerprint density at radius 3 is 2.78 bits per heavy atom. The topological polar surface area (TPSA) is 78.9 Å². The van der Waals surface area contributed by atoms with Gasteiger partial charge in [0.1, 0.15) is 12.6 Å². The normalized spacial score (nSPS) is 23.3. The molecular weight excluding hydrogens is 296 g/mol. The number of nitrogens with zero attached hydrogens (tertiary/aromatic N) is 1. The number of rotatable bonds is 10. The highest BCUT2D eigenvalue weighted by Crippen LogP contribution is 2.26. The molecule has 1 rings (SSSR count). The summed E-state index contributed by atoms with van der Waals surface area (Å²) in [7, 11) is 1.49. The van der Waals surface area contributed by atoms with Crippen LogP contribution in [0, 0.1) is 11.8 Å². The number of amides is 1. The summed E-state index contributed by atoms with van der Waals surface area (Å²) in [5.74, 6) is -0.328. The van der Waals surface area contributed by atoms with Crippen LogP contribution in [0.15, 0.2) is 12.2 Å². The molecule has 0 aromatic heterocycles. The maximum absolute atomic E-state index is 11.5. The molecule has 0 aliphatic carbocycles. The maximum atomic E-state index is 11.5. The zero-order valence-corrected chi connectivity index (χ0v) is 14.5. The first kappa shape index (κ1) is 19.6. The fraction of sp³-hybridized carbons (Fsp3) is 0.765. The average Bonchev–Trinajstić information content (AvgIpc) is 2.89. The van der Waals surface area contributed by atoms with E-state index in [2.05, 4.69) is 23.2 Å². The molecular formula is C17H30N2O4. The minimum absolute atomic E-state index is 0.0592. The van der Waals surface area contributed by atoms with Crippen molar-refractivity contribution in [3.8, 4) is 0 Å². The Balaban J connectivity index is 2.61. The summed E-state index contributed by atoms with van der Waals surface area (Å²) in [6, 6.07) is -0.426. The van der Waals surface area contributed by atoms with Crippen molar-refractivity contribution >= 4 is 11.9 Å². The highest BCUT2D eigenvalue weighted by atomic mass is 16.5. The van der Waals surface area contributed by atoms with E-state index in [0.717, 1.165) is 19.4 Å². The van der Waals surface area contributed by atoms with Gasteiger partial charge in [0.05, 0.1) is 0 Å². The number of carboxylic acids is 1. The van der Waals surface area contributed by atoms with Crippen LogP contribution in [-0.4, -0.2) is 61.3 Å². The third kappa shape index (κ3) is 6.71. The van der Waals surface area contributed by atoms with Gasteiger partial charge in [-0.25, -0.2) is 0 Å². The Morgan fingerprint density at radius 1 is 1.48 bits per heavy atom. The number of hydrogen-bond acceptors (Lipinski definition) is 4. The van der Waals surface area contributed by atoms with E-state index in [4.69, 9.17) is 4.74 Å². The smallest absolute Gasteiger partial charge is 0.320 e. The van der Waals surface area contributed by atoms with E-state index < -0.39 is 12.0 Å². The monoisotopic (exact) mass is 326 g/mol. The lowest BCUT2D eigenvalue weighted by molar-refractivity contribution is -0.142. The molecule has 1 aliphatic rings. The first-order valence-corrected chi connectivity index (χ1v) is 8.37. The van der Waals surface area contributed by atoms with Crippen molar-refractivity contribution in [3.63, 3.8) is 0 Å².